The molecule has 7 rings (SSSR count). The highest BCUT2D eigenvalue weighted by molar-refractivity contribution is 6.19. The summed E-state index contributed by atoms with van der Waals surface area (Å²) in [4.78, 5) is 45.0. The molecule has 0 saturated carbocycles. The zero-order valence-electron chi connectivity index (χ0n) is 29.4. The van der Waals surface area contributed by atoms with Crippen LogP contribution in [0.3, 0.4) is 0 Å². The first kappa shape index (κ1) is 36.1. The normalized spacial score (nSPS) is 22.8. The summed E-state index contributed by atoms with van der Waals surface area (Å²) < 4.78 is 24.1. The molecule has 3 aromatic carbocycles. The molecule has 4 atom stereocenters. The van der Waals surface area contributed by atoms with E-state index in [1.807, 2.05) is 24.3 Å². The number of anilines is 2. The number of amides is 3. The summed E-state index contributed by atoms with van der Waals surface area (Å²) in [6.07, 6.45) is 4.32. The number of rotatable bonds is 11. The first-order valence-electron chi connectivity index (χ1n) is 18.4. The molecule has 0 radical (unpaired) electrons. The van der Waals surface area contributed by atoms with Crippen LogP contribution in [0.1, 0.15) is 86.0 Å². The van der Waals surface area contributed by atoms with Crippen molar-refractivity contribution in [3.63, 3.8) is 0 Å². The van der Waals surface area contributed by atoms with Crippen molar-refractivity contribution in [1.29, 1.82) is 0 Å². The van der Waals surface area contributed by atoms with E-state index in [-0.39, 0.29) is 41.3 Å². The van der Waals surface area contributed by atoms with Gasteiger partial charge in [-0.1, -0.05) is 24.3 Å². The first-order chi connectivity index (χ1) is 25.3. The minimum atomic E-state index is -1.23. The molecule has 3 aromatic rings. The zero-order chi connectivity index (χ0) is 36.4. The van der Waals surface area contributed by atoms with Crippen molar-refractivity contribution in [2.75, 3.05) is 49.1 Å². The molecular formula is C39H46ClN3O9. The van der Waals surface area contributed by atoms with Gasteiger partial charge in [-0.05, 0) is 74.8 Å². The summed E-state index contributed by atoms with van der Waals surface area (Å²) >= 11 is 6.35. The van der Waals surface area contributed by atoms with Crippen LogP contribution in [0, 0.1) is 0 Å². The molecule has 1 unspecified atom stereocenters. The molecule has 0 spiro atoms. The van der Waals surface area contributed by atoms with Gasteiger partial charge in [0, 0.05) is 55.4 Å². The van der Waals surface area contributed by atoms with Crippen LogP contribution in [0.5, 0.6) is 17.2 Å². The number of aromatic hydroxyl groups is 1. The lowest BCUT2D eigenvalue weighted by molar-refractivity contribution is -0.198. The number of unbranched alkanes of at least 4 members (excludes halogenated alkanes) is 2. The number of carboxylic acid groups (broad SMARTS) is 1. The van der Waals surface area contributed by atoms with Crippen molar-refractivity contribution in [2.24, 2.45) is 0 Å². The third kappa shape index (κ3) is 6.95. The fourth-order valence-electron chi connectivity index (χ4n) is 8.16. The van der Waals surface area contributed by atoms with E-state index in [1.54, 1.807) is 28.0 Å². The molecule has 0 aliphatic carbocycles. The van der Waals surface area contributed by atoms with Gasteiger partial charge in [0.1, 0.15) is 5.75 Å². The third-order valence-electron chi connectivity index (χ3n) is 10.7. The molecule has 2 fully saturated rings. The maximum absolute atomic E-state index is 14.0. The number of nitrogens with zero attached hydrogens (tertiary/aromatic N) is 3. The molecule has 13 heteroatoms. The molecular weight excluding hydrogens is 690 g/mol. The number of piperidine rings is 1. The Hall–Kier alpha value is -4.26. The number of hydrogen-bond acceptors (Lipinski definition) is 8. The van der Waals surface area contributed by atoms with E-state index >= 15 is 0 Å². The van der Waals surface area contributed by atoms with Gasteiger partial charge in [-0.3, -0.25) is 9.59 Å². The Kier molecular flexibility index (Phi) is 11.0. The van der Waals surface area contributed by atoms with Gasteiger partial charge in [-0.15, -0.1) is 11.6 Å². The molecule has 2 N–H and O–H groups in total. The number of carbonyl (C=O) groups is 3. The number of phenols is 1. The second-order valence-corrected chi connectivity index (χ2v) is 14.3. The second-order valence-electron chi connectivity index (χ2n) is 13.9. The van der Waals surface area contributed by atoms with Gasteiger partial charge in [0.2, 0.25) is 5.91 Å². The largest absolute Gasteiger partial charge is 0.507 e. The van der Waals surface area contributed by atoms with Gasteiger partial charge in [-0.2, -0.15) is 0 Å². The lowest BCUT2D eigenvalue weighted by Crippen LogP contribution is -2.57. The standard InChI is InChI=1S/C39H46ClN3O9/c1-49-32-19-27-29(43(39(47)48)38(52-35-15-7-10-18-51-35)28-13-6-8-16-41(28)37(27)46)21-33(32)50-17-9-2-3-14-34(45)42-23-24(22-40)36-26-12-5-4-11-25(26)31(44)20-30(36)42/h4-5,11-12,19-21,24,28,35,38,44H,2-3,6-10,13-18,22-23H2,1H3,(H,47,48)/t24-,28+,35?,38+/m1/s1. The van der Waals surface area contributed by atoms with Crippen LogP contribution in [0.4, 0.5) is 16.2 Å². The predicted octanol–water partition coefficient (Wildman–Crippen LogP) is 7.22. The van der Waals surface area contributed by atoms with E-state index < -0.39 is 24.7 Å². The maximum atomic E-state index is 14.0. The fraction of sp³-hybridized carbons (Fsp3) is 0.513. The lowest BCUT2D eigenvalue weighted by Gasteiger charge is -2.42. The monoisotopic (exact) mass is 735 g/mol. The van der Waals surface area contributed by atoms with Crippen molar-refractivity contribution in [1.82, 2.24) is 4.90 Å². The predicted molar refractivity (Wildman–Crippen MR) is 196 cm³/mol. The SMILES string of the molecule is COc1cc2c(cc1OCCCCCC(=O)N1C[C@@H](CCl)c3c1cc(O)c1ccccc31)N(C(=O)O)[C@@H](OC1CCCCO1)[C@@H]1CCCCN1C2=O. The van der Waals surface area contributed by atoms with E-state index in [0.29, 0.717) is 81.3 Å². The van der Waals surface area contributed by atoms with Gasteiger partial charge in [-0.25, -0.2) is 9.69 Å². The first-order valence-corrected chi connectivity index (χ1v) is 18.9. The van der Waals surface area contributed by atoms with E-state index in [4.69, 9.17) is 30.5 Å². The average Bonchev–Trinajstić information content (AvgIpc) is 3.50. The van der Waals surface area contributed by atoms with Crippen molar-refractivity contribution >= 4 is 51.7 Å². The van der Waals surface area contributed by atoms with Crippen LogP contribution in [-0.2, 0) is 14.3 Å². The number of hydrogen-bond donors (Lipinski definition) is 2. The van der Waals surface area contributed by atoms with Crippen LogP contribution in [0.2, 0.25) is 0 Å². The molecule has 52 heavy (non-hydrogen) atoms. The van der Waals surface area contributed by atoms with Gasteiger partial charge >= 0.3 is 6.09 Å². The Balaban J connectivity index is 1.03. The van der Waals surface area contributed by atoms with Gasteiger partial charge in [0.25, 0.3) is 5.91 Å². The molecule has 4 aliphatic rings. The number of fused-ring (bicyclic) bond motifs is 5. The topological polar surface area (TPSA) is 138 Å². The van der Waals surface area contributed by atoms with E-state index in [0.717, 1.165) is 46.9 Å². The Morgan fingerprint density at radius 2 is 1.79 bits per heavy atom. The fourth-order valence-corrected chi connectivity index (χ4v) is 8.41. The van der Waals surface area contributed by atoms with Crippen LogP contribution in [-0.4, -0.2) is 90.9 Å². The van der Waals surface area contributed by atoms with Gasteiger partial charge in [0.15, 0.2) is 24.0 Å². The Bertz CT molecular complexity index is 1820. The van der Waals surface area contributed by atoms with Gasteiger partial charge in [0.05, 0.1) is 36.7 Å². The summed E-state index contributed by atoms with van der Waals surface area (Å²) in [5.74, 6) is 0.839. The number of benzene rings is 3. The zero-order valence-corrected chi connectivity index (χ0v) is 30.2. The average molecular weight is 736 g/mol. The molecule has 2 saturated heterocycles. The third-order valence-corrected chi connectivity index (χ3v) is 11.1. The number of carbonyl (C=O) groups excluding carboxylic acids is 2. The molecule has 0 bridgehead atoms. The molecule has 4 aliphatic heterocycles. The quantitative estimate of drug-likeness (QED) is 0.154. The Labute approximate surface area is 308 Å². The molecule has 4 heterocycles. The molecule has 0 aromatic heterocycles. The van der Waals surface area contributed by atoms with Crippen molar-refractivity contribution in [2.45, 2.75) is 88.7 Å². The van der Waals surface area contributed by atoms with E-state index in [1.165, 1.54) is 7.11 Å². The van der Waals surface area contributed by atoms with E-state index in [9.17, 15) is 24.6 Å². The van der Waals surface area contributed by atoms with Gasteiger partial charge < -0.3 is 39.0 Å². The van der Waals surface area contributed by atoms with Crippen LogP contribution in [0.15, 0.2) is 42.5 Å². The highest BCUT2D eigenvalue weighted by Gasteiger charge is 2.46. The Morgan fingerprint density at radius 3 is 2.54 bits per heavy atom. The van der Waals surface area contributed by atoms with Crippen LogP contribution >= 0.6 is 11.6 Å². The number of alkyl halides is 1. The second kappa shape index (κ2) is 15.8. The molecule has 12 nitrogen and oxygen atoms in total. The lowest BCUT2D eigenvalue weighted by atomic mass is 9.95. The highest BCUT2D eigenvalue weighted by Crippen LogP contribution is 2.46. The van der Waals surface area contributed by atoms with Crippen LogP contribution < -0.4 is 19.3 Å². The number of phenolic OH excluding ortho intramolecular Hbond substituents is 1. The van der Waals surface area contributed by atoms with Crippen LogP contribution in [0.25, 0.3) is 10.8 Å². The minimum absolute atomic E-state index is 0.0218. The number of ether oxygens (including phenoxy) is 4. The highest BCUT2D eigenvalue weighted by atomic mass is 35.5. The summed E-state index contributed by atoms with van der Waals surface area (Å²) in [7, 11) is 1.49. The van der Waals surface area contributed by atoms with Crippen molar-refractivity contribution < 1.29 is 43.5 Å². The summed E-state index contributed by atoms with van der Waals surface area (Å²) in [5.41, 5.74) is 2.12. The number of halogens is 1. The minimum Gasteiger partial charge on any atom is -0.507 e. The summed E-state index contributed by atoms with van der Waals surface area (Å²) in [6.45, 7) is 1.80. The van der Waals surface area contributed by atoms with E-state index in [2.05, 4.69) is 0 Å². The summed E-state index contributed by atoms with van der Waals surface area (Å²) in [5, 5.41) is 23.0. The van der Waals surface area contributed by atoms with Crippen molar-refractivity contribution in [3.8, 4) is 17.2 Å². The molecule has 278 valence electrons. The smallest absolute Gasteiger partial charge is 0.414 e. The maximum Gasteiger partial charge on any atom is 0.414 e. The number of methoxy groups -OCH3 is 1. The van der Waals surface area contributed by atoms with Crippen molar-refractivity contribution in [3.05, 3.63) is 53.6 Å². The summed E-state index contributed by atoms with van der Waals surface area (Å²) in [6, 6.07) is 12.0. The molecule has 3 amide bonds. The Morgan fingerprint density at radius 1 is 0.981 bits per heavy atom.